The molecule has 0 spiro atoms. The predicted octanol–water partition coefficient (Wildman–Crippen LogP) is 12.9. The van der Waals surface area contributed by atoms with E-state index in [1.807, 2.05) is 6.07 Å². The molecule has 1 atom stereocenters. The molecule has 1 aromatic heterocycles. The van der Waals surface area contributed by atoms with E-state index >= 15 is 0 Å². The minimum atomic E-state index is -4.42. The summed E-state index contributed by atoms with van der Waals surface area (Å²) in [4.78, 5) is 2.55. The van der Waals surface area contributed by atoms with E-state index in [-0.39, 0.29) is 5.69 Å². The summed E-state index contributed by atoms with van der Waals surface area (Å²) in [5.41, 5.74) is 3.55. The third kappa shape index (κ3) is 10.5. The van der Waals surface area contributed by atoms with Gasteiger partial charge in [-0.2, -0.15) is 18.4 Å². The van der Waals surface area contributed by atoms with Crippen molar-refractivity contribution >= 4 is 38.4 Å². The summed E-state index contributed by atoms with van der Waals surface area (Å²) < 4.78 is 38.6. The Balaban J connectivity index is 1.84. The molecule has 2 aromatic carbocycles. The second-order valence-electron chi connectivity index (χ2n) is 11.4. The number of azo groups is 2. The molecular weight excluding hydrogens is 593 g/mol. The van der Waals surface area contributed by atoms with Gasteiger partial charge < -0.3 is 4.90 Å². The lowest BCUT2D eigenvalue weighted by Gasteiger charge is -2.30. The molecule has 0 N–H and O–H groups in total. The van der Waals surface area contributed by atoms with Gasteiger partial charge in [0.25, 0.3) is 0 Å². The van der Waals surface area contributed by atoms with Crippen LogP contribution in [-0.2, 0) is 12.6 Å². The second kappa shape index (κ2) is 17.8. The zero-order chi connectivity index (χ0) is 32.8. The van der Waals surface area contributed by atoms with Gasteiger partial charge in [0.15, 0.2) is 5.00 Å². The predicted molar refractivity (Wildman–Crippen MR) is 179 cm³/mol. The molecule has 0 radical (unpaired) electrons. The van der Waals surface area contributed by atoms with E-state index in [9.17, 15) is 18.4 Å². The van der Waals surface area contributed by atoms with E-state index in [2.05, 4.69) is 71.3 Å². The van der Waals surface area contributed by atoms with Crippen molar-refractivity contribution in [2.24, 2.45) is 26.4 Å². The summed E-state index contributed by atoms with van der Waals surface area (Å²) >= 11 is 1.18. The van der Waals surface area contributed by atoms with Crippen molar-refractivity contribution in [3.05, 3.63) is 64.7 Å². The van der Waals surface area contributed by atoms with Gasteiger partial charge in [0.2, 0.25) is 0 Å². The molecule has 0 bridgehead atoms. The summed E-state index contributed by atoms with van der Waals surface area (Å²) in [6, 6.07) is 13.0. The Hall–Kier alpha value is -3.58. The van der Waals surface area contributed by atoms with Crippen molar-refractivity contribution in [1.29, 1.82) is 5.26 Å². The van der Waals surface area contributed by atoms with Crippen LogP contribution in [0, 0.1) is 24.2 Å². The Bertz CT molecular complexity index is 1450. The van der Waals surface area contributed by atoms with Crippen LogP contribution in [0.2, 0.25) is 0 Å². The normalized spacial score (nSPS) is 12.7. The summed E-state index contributed by atoms with van der Waals surface area (Å²) in [7, 11) is 0. The first kappa shape index (κ1) is 35.9. The lowest BCUT2D eigenvalue weighted by Crippen LogP contribution is -2.30. The average molecular weight is 639 g/mol. The summed E-state index contributed by atoms with van der Waals surface area (Å²) in [6.45, 7) is 12.7. The Kier molecular flexibility index (Phi) is 14.2. The Morgan fingerprint density at radius 2 is 1.58 bits per heavy atom. The van der Waals surface area contributed by atoms with Gasteiger partial charge in [-0.15, -0.1) is 20.5 Å². The van der Waals surface area contributed by atoms with Crippen LogP contribution in [0.4, 0.5) is 40.2 Å². The van der Waals surface area contributed by atoms with Gasteiger partial charge in [0.1, 0.15) is 11.1 Å². The van der Waals surface area contributed by atoms with Gasteiger partial charge in [-0.25, -0.2) is 0 Å². The number of nitrogens with zero attached hydrogens (tertiary/aromatic N) is 6. The van der Waals surface area contributed by atoms with Crippen LogP contribution < -0.4 is 4.90 Å². The number of hydrogen-bond donors (Lipinski definition) is 0. The van der Waals surface area contributed by atoms with Crippen LogP contribution in [0.5, 0.6) is 0 Å². The van der Waals surface area contributed by atoms with Crippen LogP contribution in [-0.4, -0.2) is 13.1 Å². The van der Waals surface area contributed by atoms with Crippen LogP contribution in [0.25, 0.3) is 0 Å². The molecular formula is C35H45F3N6S. The summed E-state index contributed by atoms with van der Waals surface area (Å²) in [6.07, 6.45) is 6.15. The molecule has 0 saturated heterocycles. The number of alkyl halides is 3. The monoisotopic (exact) mass is 638 g/mol. The van der Waals surface area contributed by atoms with Crippen molar-refractivity contribution < 1.29 is 13.2 Å². The average Bonchev–Trinajstić information content (AvgIpc) is 3.35. The number of anilines is 1. The van der Waals surface area contributed by atoms with E-state index in [0.29, 0.717) is 27.0 Å². The maximum absolute atomic E-state index is 12.9. The van der Waals surface area contributed by atoms with E-state index < -0.39 is 11.7 Å². The second-order valence-corrected chi connectivity index (χ2v) is 12.3. The van der Waals surface area contributed by atoms with Gasteiger partial charge in [-0.1, -0.05) is 77.6 Å². The van der Waals surface area contributed by atoms with Crippen molar-refractivity contribution in [2.45, 2.75) is 98.6 Å². The molecule has 0 aliphatic rings. The van der Waals surface area contributed by atoms with Crippen LogP contribution in [0.15, 0.2) is 62.9 Å². The zero-order valence-electron chi connectivity index (χ0n) is 27.1. The number of thiophene rings is 1. The molecule has 0 aliphatic carbocycles. The quantitative estimate of drug-likeness (QED) is 0.109. The highest BCUT2D eigenvalue weighted by molar-refractivity contribution is 7.19. The third-order valence-electron chi connectivity index (χ3n) is 8.03. The van der Waals surface area contributed by atoms with Crippen LogP contribution in [0.3, 0.4) is 0 Å². The number of aryl methyl sites for hydroxylation is 1. The number of nitriles is 1. The first-order valence-electron chi connectivity index (χ1n) is 16.1. The number of rotatable bonds is 17. The molecule has 0 aliphatic heterocycles. The molecule has 0 saturated carbocycles. The van der Waals surface area contributed by atoms with E-state index in [1.165, 1.54) is 80.5 Å². The molecule has 3 aromatic rings. The number of unbranched alkanes of at least 4 members (excludes halogenated alkanes) is 4. The number of benzene rings is 2. The Morgan fingerprint density at radius 3 is 2.20 bits per heavy atom. The standard InChI is InChI=1S/C35H45F3N6S/c1-6-10-12-13-21-44(24-26(8-3)14-11-7-2)30-19-20-32(27(9-4)22-30)41-43-34-31(23-39)25(5)33(45-34)42-40-29-17-15-28(16-18-29)35(36,37)38/h15-20,22,26H,6-14,21,24H2,1-5H3. The first-order valence-corrected chi connectivity index (χ1v) is 16.9. The molecule has 3 rings (SSSR count). The van der Waals surface area contributed by atoms with Gasteiger partial charge in [-0.05, 0) is 80.1 Å². The number of hydrogen-bond acceptors (Lipinski definition) is 7. The van der Waals surface area contributed by atoms with Crippen molar-refractivity contribution in [2.75, 3.05) is 18.0 Å². The Labute approximate surface area is 270 Å². The minimum absolute atomic E-state index is 0.278. The van der Waals surface area contributed by atoms with E-state index in [0.717, 1.165) is 42.9 Å². The fourth-order valence-corrected chi connectivity index (χ4v) is 6.04. The van der Waals surface area contributed by atoms with Gasteiger partial charge in [0.05, 0.1) is 22.5 Å². The lowest BCUT2D eigenvalue weighted by atomic mass is 9.98. The molecule has 0 fully saturated rings. The highest BCUT2D eigenvalue weighted by Gasteiger charge is 2.30. The summed E-state index contributed by atoms with van der Waals surface area (Å²) in [5.74, 6) is 0.664. The highest BCUT2D eigenvalue weighted by atomic mass is 32.1. The van der Waals surface area contributed by atoms with Gasteiger partial charge in [0, 0.05) is 24.3 Å². The molecule has 1 heterocycles. The lowest BCUT2D eigenvalue weighted by molar-refractivity contribution is -0.137. The van der Waals surface area contributed by atoms with Gasteiger partial charge in [-0.3, -0.25) is 0 Å². The number of halogens is 3. The fraction of sp³-hybridized carbons (Fsp3) is 0.514. The van der Waals surface area contributed by atoms with Crippen LogP contribution in [0.1, 0.15) is 101 Å². The zero-order valence-corrected chi connectivity index (χ0v) is 27.9. The SMILES string of the molecule is CCCCCCN(CC(CC)CCCC)c1ccc(N=Nc2sc(N=Nc3ccc(C(F)(F)F)cc3)c(C)c2C#N)c(CC)c1. The Morgan fingerprint density at radius 1 is 0.867 bits per heavy atom. The maximum Gasteiger partial charge on any atom is 0.416 e. The largest absolute Gasteiger partial charge is 0.416 e. The fourth-order valence-electron chi connectivity index (χ4n) is 5.14. The minimum Gasteiger partial charge on any atom is -0.371 e. The highest BCUT2D eigenvalue weighted by Crippen LogP contribution is 2.42. The van der Waals surface area contributed by atoms with E-state index in [4.69, 9.17) is 0 Å². The summed E-state index contributed by atoms with van der Waals surface area (Å²) in [5, 5.41) is 28.0. The molecule has 242 valence electrons. The van der Waals surface area contributed by atoms with Crippen molar-refractivity contribution in [3.63, 3.8) is 0 Å². The molecule has 45 heavy (non-hydrogen) atoms. The maximum atomic E-state index is 12.9. The first-order chi connectivity index (χ1) is 21.6. The van der Waals surface area contributed by atoms with Crippen molar-refractivity contribution in [1.82, 2.24) is 0 Å². The van der Waals surface area contributed by atoms with Gasteiger partial charge >= 0.3 is 6.18 Å². The smallest absolute Gasteiger partial charge is 0.371 e. The molecule has 1 unspecified atom stereocenters. The van der Waals surface area contributed by atoms with E-state index in [1.54, 1.807) is 6.92 Å². The molecule has 10 heteroatoms. The molecule has 0 amide bonds. The molecule has 6 nitrogen and oxygen atoms in total. The topological polar surface area (TPSA) is 76.5 Å². The van der Waals surface area contributed by atoms with Crippen LogP contribution >= 0.6 is 11.3 Å². The van der Waals surface area contributed by atoms with Crippen molar-refractivity contribution in [3.8, 4) is 6.07 Å². The third-order valence-corrected chi connectivity index (χ3v) is 9.09.